The van der Waals surface area contributed by atoms with E-state index in [-0.39, 0.29) is 5.75 Å². The molecule has 174 valence electrons. The first-order valence-electron chi connectivity index (χ1n) is 11.5. The van der Waals surface area contributed by atoms with Crippen molar-refractivity contribution in [3.63, 3.8) is 0 Å². The number of benzene rings is 1. The van der Waals surface area contributed by atoms with Crippen molar-refractivity contribution in [1.29, 1.82) is 0 Å². The van der Waals surface area contributed by atoms with Crippen molar-refractivity contribution in [2.75, 3.05) is 0 Å². The zero-order chi connectivity index (χ0) is 23.7. The SMILES string of the molecule is Cc1nc2ccc(-c3cnc(C4=CCC(C)CC4)nc3)cn2c1Cc1ccccc1OC(F)F. The summed E-state index contributed by atoms with van der Waals surface area (Å²) in [5.41, 5.74) is 6.33. The van der Waals surface area contributed by atoms with E-state index in [4.69, 9.17) is 4.74 Å². The van der Waals surface area contributed by atoms with Gasteiger partial charge in [0.1, 0.15) is 11.4 Å². The van der Waals surface area contributed by atoms with Gasteiger partial charge in [0.15, 0.2) is 5.82 Å². The largest absolute Gasteiger partial charge is 0.435 e. The smallest absolute Gasteiger partial charge is 0.387 e. The van der Waals surface area contributed by atoms with Gasteiger partial charge in [0.05, 0.1) is 5.69 Å². The van der Waals surface area contributed by atoms with Crippen molar-refractivity contribution >= 4 is 11.2 Å². The van der Waals surface area contributed by atoms with Crippen LogP contribution in [0.4, 0.5) is 8.78 Å². The molecule has 5 nitrogen and oxygen atoms in total. The average Bonchev–Trinajstić information content (AvgIpc) is 3.15. The van der Waals surface area contributed by atoms with Crippen molar-refractivity contribution in [2.45, 2.75) is 46.1 Å². The first-order chi connectivity index (χ1) is 16.5. The number of para-hydroxylation sites is 1. The van der Waals surface area contributed by atoms with Gasteiger partial charge in [0, 0.05) is 47.4 Å². The molecule has 0 bridgehead atoms. The van der Waals surface area contributed by atoms with Crippen LogP contribution >= 0.6 is 0 Å². The minimum Gasteiger partial charge on any atom is -0.435 e. The molecule has 0 saturated heterocycles. The molecule has 0 radical (unpaired) electrons. The third-order valence-electron chi connectivity index (χ3n) is 6.41. The van der Waals surface area contributed by atoms with Crippen molar-refractivity contribution in [1.82, 2.24) is 19.4 Å². The van der Waals surface area contributed by atoms with Gasteiger partial charge in [-0.25, -0.2) is 15.0 Å². The fourth-order valence-electron chi connectivity index (χ4n) is 4.45. The van der Waals surface area contributed by atoms with E-state index >= 15 is 0 Å². The summed E-state index contributed by atoms with van der Waals surface area (Å²) in [6, 6.07) is 10.8. The molecular weight excluding hydrogens is 434 g/mol. The van der Waals surface area contributed by atoms with E-state index in [1.54, 1.807) is 18.2 Å². The zero-order valence-corrected chi connectivity index (χ0v) is 19.2. The number of hydrogen-bond acceptors (Lipinski definition) is 4. The minimum atomic E-state index is -2.87. The molecule has 1 unspecified atom stereocenters. The number of fused-ring (bicyclic) bond motifs is 1. The predicted molar refractivity (Wildman–Crippen MR) is 128 cm³/mol. The van der Waals surface area contributed by atoms with Crippen molar-refractivity contribution < 1.29 is 13.5 Å². The molecule has 3 aromatic heterocycles. The Hall–Kier alpha value is -3.61. The van der Waals surface area contributed by atoms with Gasteiger partial charge < -0.3 is 9.14 Å². The van der Waals surface area contributed by atoms with E-state index in [0.717, 1.165) is 52.7 Å². The van der Waals surface area contributed by atoms with Gasteiger partial charge in [0.25, 0.3) is 0 Å². The Morgan fingerprint density at radius 3 is 2.62 bits per heavy atom. The standard InChI is InChI=1S/C27H26F2N4O/c1-17-7-9-19(10-8-17)26-30-14-22(15-31-26)21-11-12-25-32-18(2)23(33(25)16-21)13-20-5-3-4-6-24(20)34-27(28)29/h3-6,9,11-12,14-17,27H,7-8,10,13H2,1-2H3. The zero-order valence-electron chi connectivity index (χ0n) is 19.2. The van der Waals surface area contributed by atoms with Crippen LogP contribution in [-0.2, 0) is 6.42 Å². The summed E-state index contributed by atoms with van der Waals surface area (Å²) in [6.45, 7) is 1.32. The topological polar surface area (TPSA) is 52.3 Å². The van der Waals surface area contributed by atoms with Crippen LogP contribution in [0.2, 0.25) is 0 Å². The maximum absolute atomic E-state index is 12.9. The van der Waals surface area contributed by atoms with Gasteiger partial charge in [-0.15, -0.1) is 0 Å². The van der Waals surface area contributed by atoms with E-state index in [2.05, 4.69) is 28.0 Å². The molecule has 0 fully saturated rings. The lowest BCUT2D eigenvalue weighted by Crippen LogP contribution is -2.06. The highest BCUT2D eigenvalue weighted by Gasteiger charge is 2.16. The number of imidazole rings is 1. The Kier molecular flexibility index (Phi) is 6.09. The van der Waals surface area contributed by atoms with Crippen LogP contribution in [0.25, 0.3) is 22.3 Å². The number of rotatable bonds is 6. The molecule has 5 rings (SSSR count). The molecule has 7 heteroatoms. The molecule has 0 amide bonds. The summed E-state index contributed by atoms with van der Waals surface area (Å²) in [7, 11) is 0. The number of allylic oxidation sites excluding steroid dienone is 2. The number of alkyl halides is 2. The van der Waals surface area contributed by atoms with E-state index in [1.165, 1.54) is 12.0 Å². The van der Waals surface area contributed by atoms with Gasteiger partial charge in [-0.2, -0.15) is 8.78 Å². The minimum absolute atomic E-state index is 0.179. The van der Waals surface area contributed by atoms with E-state index in [1.807, 2.05) is 48.1 Å². The maximum atomic E-state index is 12.9. The molecule has 0 aliphatic heterocycles. The second-order valence-electron chi connectivity index (χ2n) is 8.86. The Balaban J connectivity index is 1.46. The van der Waals surface area contributed by atoms with Gasteiger partial charge in [-0.05, 0) is 55.9 Å². The van der Waals surface area contributed by atoms with Crippen LogP contribution in [0.5, 0.6) is 5.75 Å². The van der Waals surface area contributed by atoms with E-state index in [9.17, 15) is 8.78 Å². The van der Waals surface area contributed by atoms with Crippen LogP contribution < -0.4 is 4.74 Å². The Bertz CT molecular complexity index is 1340. The summed E-state index contributed by atoms with van der Waals surface area (Å²) in [5.74, 6) is 1.70. The molecule has 1 aromatic carbocycles. The summed E-state index contributed by atoms with van der Waals surface area (Å²) >= 11 is 0. The monoisotopic (exact) mass is 460 g/mol. The van der Waals surface area contributed by atoms with Crippen molar-refractivity contribution in [3.05, 3.63) is 83.8 Å². The van der Waals surface area contributed by atoms with Gasteiger partial charge >= 0.3 is 6.61 Å². The van der Waals surface area contributed by atoms with Crippen LogP contribution in [0.1, 0.15) is 49.0 Å². The summed E-state index contributed by atoms with van der Waals surface area (Å²) < 4.78 is 32.4. The quantitative estimate of drug-likeness (QED) is 0.330. The summed E-state index contributed by atoms with van der Waals surface area (Å²) in [5, 5.41) is 0. The molecule has 0 saturated carbocycles. The van der Waals surface area contributed by atoms with Crippen LogP contribution in [0, 0.1) is 12.8 Å². The van der Waals surface area contributed by atoms with Gasteiger partial charge in [0.2, 0.25) is 0 Å². The molecule has 34 heavy (non-hydrogen) atoms. The summed E-state index contributed by atoms with van der Waals surface area (Å²) in [4.78, 5) is 13.9. The number of ether oxygens (including phenoxy) is 1. The number of halogens is 2. The number of aryl methyl sites for hydroxylation is 1. The fraction of sp³-hybridized carbons (Fsp3) is 0.296. The molecule has 0 N–H and O–H groups in total. The molecule has 0 spiro atoms. The molecule has 4 aromatic rings. The van der Waals surface area contributed by atoms with Crippen LogP contribution in [0.15, 0.2) is 61.1 Å². The third-order valence-corrected chi connectivity index (χ3v) is 6.41. The first-order valence-corrected chi connectivity index (χ1v) is 11.5. The van der Waals surface area contributed by atoms with Crippen LogP contribution in [0.3, 0.4) is 0 Å². The highest BCUT2D eigenvalue weighted by Crippen LogP contribution is 2.29. The normalized spacial score (nSPS) is 16.1. The summed E-state index contributed by atoms with van der Waals surface area (Å²) in [6.07, 6.45) is 11.7. The number of nitrogens with zero attached hydrogens (tertiary/aromatic N) is 4. The number of pyridine rings is 1. The lowest BCUT2D eigenvalue weighted by Gasteiger charge is -2.17. The Labute approximate surface area is 197 Å². The van der Waals surface area contributed by atoms with E-state index in [0.29, 0.717) is 12.0 Å². The molecule has 1 atom stereocenters. The first kappa shape index (κ1) is 22.2. The van der Waals surface area contributed by atoms with Crippen molar-refractivity contribution in [3.8, 4) is 16.9 Å². The lowest BCUT2D eigenvalue weighted by atomic mass is 9.91. The highest BCUT2D eigenvalue weighted by atomic mass is 19.3. The average molecular weight is 461 g/mol. The predicted octanol–water partition coefficient (Wildman–Crippen LogP) is 6.50. The fourth-order valence-corrected chi connectivity index (χ4v) is 4.45. The van der Waals surface area contributed by atoms with Crippen molar-refractivity contribution in [2.24, 2.45) is 5.92 Å². The third kappa shape index (κ3) is 4.55. The molecule has 1 aliphatic rings. The van der Waals surface area contributed by atoms with Gasteiger partial charge in [-0.3, -0.25) is 0 Å². The van der Waals surface area contributed by atoms with E-state index < -0.39 is 6.61 Å². The van der Waals surface area contributed by atoms with Gasteiger partial charge in [-0.1, -0.05) is 31.2 Å². The lowest BCUT2D eigenvalue weighted by molar-refractivity contribution is -0.0503. The molecular formula is C27H26F2N4O. The van der Waals surface area contributed by atoms with Crippen LogP contribution in [-0.4, -0.2) is 26.0 Å². The number of aromatic nitrogens is 4. The highest BCUT2D eigenvalue weighted by molar-refractivity contribution is 5.66. The molecule has 3 heterocycles. The Morgan fingerprint density at radius 1 is 1.09 bits per heavy atom. The second-order valence-corrected chi connectivity index (χ2v) is 8.86. The molecule has 1 aliphatic carbocycles. The Morgan fingerprint density at radius 2 is 1.88 bits per heavy atom. The number of hydrogen-bond donors (Lipinski definition) is 0. The maximum Gasteiger partial charge on any atom is 0.387 e. The second kappa shape index (κ2) is 9.33.